The van der Waals surface area contributed by atoms with Gasteiger partial charge >= 0.3 is 6.18 Å². The van der Waals surface area contributed by atoms with Gasteiger partial charge in [0, 0.05) is 48.0 Å². The molecule has 4 saturated carbocycles. The molecule has 4 aliphatic carbocycles. The van der Waals surface area contributed by atoms with Gasteiger partial charge in [-0.05, 0) is 50.2 Å². The monoisotopic (exact) mass is 433 g/mol. The number of nitrogen functional groups attached to an aromatic ring is 1. The van der Waals surface area contributed by atoms with Crippen molar-refractivity contribution in [2.24, 2.45) is 17.8 Å². The number of nitrogens with zero attached hydrogens (tertiary/aromatic N) is 4. The van der Waals surface area contributed by atoms with Crippen molar-refractivity contribution in [2.75, 3.05) is 32.0 Å². The summed E-state index contributed by atoms with van der Waals surface area (Å²) in [6, 6.07) is 3.79. The predicted octanol–water partition coefficient (Wildman–Crippen LogP) is 3.35. The van der Waals surface area contributed by atoms with Crippen molar-refractivity contribution >= 4 is 5.82 Å². The molecule has 2 N–H and O–H groups in total. The first-order chi connectivity index (χ1) is 14.7. The molecule has 6 nitrogen and oxygen atoms in total. The summed E-state index contributed by atoms with van der Waals surface area (Å²) in [5, 5.41) is 4.74. The molecule has 1 aliphatic heterocycles. The number of nitrogens with two attached hydrogens (primary N) is 1. The molecule has 0 amide bonds. The van der Waals surface area contributed by atoms with Gasteiger partial charge in [0.15, 0.2) is 0 Å². The number of aromatic nitrogens is 3. The Balaban J connectivity index is 1.35. The number of anilines is 1. The van der Waals surface area contributed by atoms with Crippen LogP contribution in [0.25, 0.3) is 11.3 Å². The first-order valence-corrected chi connectivity index (χ1v) is 11.0. The number of hydrogen-bond donors (Lipinski definition) is 1. The summed E-state index contributed by atoms with van der Waals surface area (Å²) in [6.45, 7) is 7.71. The van der Waals surface area contributed by atoms with Crippen LogP contribution in [0.1, 0.15) is 37.6 Å². The van der Waals surface area contributed by atoms with Crippen molar-refractivity contribution in [1.82, 2.24) is 19.7 Å². The number of ether oxygens (including phenoxy) is 1. The largest absolute Gasteiger partial charge is 0.419 e. The predicted molar refractivity (Wildman–Crippen MR) is 108 cm³/mol. The molecule has 31 heavy (non-hydrogen) atoms. The summed E-state index contributed by atoms with van der Waals surface area (Å²) in [4.78, 5) is 6.38. The molecule has 7 rings (SSSR count). The number of hydrogen-bond acceptors (Lipinski definition) is 5. The third-order valence-corrected chi connectivity index (χ3v) is 7.93. The van der Waals surface area contributed by atoms with E-state index >= 15 is 0 Å². The Morgan fingerprint density at radius 1 is 1.19 bits per heavy atom. The van der Waals surface area contributed by atoms with E-state index in [0.717, 1.165) is 32.4 Å². The molecule has 1 saturated heterocycles. The van der Waals surface area contributed by atoms with Crippen LogP contribution in [-0.4, -0.2) is 52.0 Å². The van der Waals surface area contributed by atoms with E-state index in [1.807, 2.05) is 10.7 Å². The summed E-state index contributed by atoms with van der Waals surface area (Å²) >= 11 is 0. The lowest BCUT2D eigenvalue weighted by Crippen LogP contribution is -2.43. The van der Waals surface area contributed by atoms with Crippen molar-refractivity contribution in [3.8, 4) is 11.3 Å². The number of alkyl halides is 3. The summed E-state index contributed by atoms with van der Waals surface area (Å²) in [5.41, 5.74) is 6.80. The van der Waals surface area contributed by atoms with Gasteiger partial charge in [-0.1, -0.05) is 0 Å². The average Bonchev–Trinajstić information content (AvgIpc) is 3.30. The Kier molecular flexibility index (Phi) is 3.92. The highest BCUT2D eigenvalue weighted by molar-refractivity contribution is 5.65. The molecule has 0 aromatic carbocycles. The lowest BCUT2D eigenvalue weighted by atomic mass is 9.99. The highest BCUT2D eigenvalue weighted by Gasteiger charge is 2.93. The maximum atomic E-state index is 13.3. The lowest BCUT2D eigenvalue weighted by Gasteiger charge is -2.32. The number of halogens is 3. The Bertz CT molecular complexity index is 1040. The van der Waals surface area contributed by atoms with Crippen LogP contribution in [0.15, 0.2) is 18.3 Å². The van der Waals surface area contributed by atoms with E-state index in [1.165, 1.54) is 18.3 Å². The van der Waals surface area contributed by atoms with E-state index in [-0.39, 0.29) is 11.5 Å². The summed E-state index contributed by atoms with van der Waals surface area (Å²) in [5.74, 6) is 1.49. The molecule has 166 valence electrons. The third-order valence-electron chi connectivity index (χ3n) is 7.93. The van der Waals surface area contributed by atoms with Crippen molar-refractivity contribution in [1.29, 1.82) is 0 Å². The first kappa shape index (κ1) is 19.5. The van der Waals surface area contributed by atoms with Crippen LogP contribution < -0.4 is 5.73 Å². The number of morpholine rings is 1. The fourth-order valence-electron chi connectivity index (χ4n) is 6.57. The van der Waals surface area contributed by atoms with Crippen LogP contribution in [0.3, 0.4) is 0 Å². The quantitative estimate of drug-likeness (QED) is 0.801. The average molecular weight is 433 g/mol. The van der Waals surface area contributed by atoms with Gasteiger partial charge in [0.25, 0.3) is 0 Å². The molecule has 2 unspecified atom stereocenters. The van der Waals surface area contributed by atoms with E-state index in [0.29, 0.717) is 35.1 Å². The minimum Gasteiger partial charge on any atom is -0.383 e. The van der Waals surface area contributed by atoms with Crippen molar-refractivity contribution in [2.45, 2.75) is 43.9 Å². The van der Waals surface area contributed by atoms with Crippen molar-refractivity contribution in [3.63, 3.8) is 0 Å². The third kappa shape index (κ3) is 2.59. The van der Waals surface area contributed by atoms with Crippen LogP contribution in [-0.2, 0) is 16.3 Å². The van der Waals surface area contributed by atoms with Crippen LogP contribution in [0.2, 0.25) is 0 Å². The number of pyridine rings is 1. The standard InChI is InChI=1S/C22H26F3N5O/c1-11(2)30-17(9-15(28-30)12-7-14(22(23,24)25)20(26)27-10-12)21-13-8-16(19(21)18(13)21)29-3-5-31-6-4-29/h7,9-11,13,16,18-19H,3-6,8H2,1-2H3,(H2,26,27)/t13-,16?,18-,19?,21+/m1/s1. The van der Waals surface area contributed by atoms with E-state index in [2.05, 4.69) is 23.7 Å². The van der Waals surface area contributed by atoms with E-state index in [9.17, 15) is 13.2 Å². The van der Waals surface area contributed by atoms with E-state index < -0.39 is 17.6 Å². The Hall–Kier alpha value is -2.13. The molecular formula is C22H26F3N5O. The van der Waals surface area contributed by atoms with Gasteiger partial charge in [-0.25, -0.2) is 4.98 Å². The zero-order chi connectivity index (χ0) is 21.7. The van der Waals surface area contributed by atoms with Gasteiger partial charge in [0.2, 0.25) is 0 Å². The summed E-state index contributed by atoms with van der Waals surface area (Å²) < 4.78 is 47.5. The number of fused-ring (bicyclic) bond motifs is 1. The molecule has 0 radical (unpaired) electrons. The summed E-state index contributed by atoms with van der Waals surface area (Å²) in [7, 11) is 0. The smallest absolute Gasteiger partial charge is 0.383 e. The minimum atomic E-state index is -4.54. The highest BCUT2D eigenvalue weighted by atomic mass is 19.4. The molecule has 3 heterocycles. The second-order valence-corrected chi connectivity index (χ2v) is 9.65. The van der Waals surface area contributed by atoms with Crippen molar-refractivity contribution < 1.29 is 17.9 Å². The number of rotatable bonds is 4. The van der Waals surface area contributed by atoms with E-state index in [1.54, 1.807) is 0 Å². The zero-order valence-electron chi connectivity index (χ0n) is 17.6. The van der Waals surface area contributed by atoms with Gasteiger partial charge in [-0.3, -0.25) is 9.58 Å². The normalized spacial score (nSPS) is 34.3. The molecule has 9 heteroatoms. The molecule has 5 fully saturated rings. The second kappa shape index (κ2) is 6.22. The van der Waals surface area contributed by atoms with Crippen molar-refractivity contribution in [3.05, 3.63) is 29.6 Å². The molecule has 2 aromatic rings. The fraction of sp³-hybridized carbons (Fsp3) is 0.636. The molecule has 2 aromatic heterocycles. The van der Waals surface area contributed by atoms with Gasteiger partial charge < -0.3 is 10.5 Å². The summed E-state index contributed by atoms with van der Waals surface area (Å²) in [6.07, 6.45) is -1.95. The Morgan fingerprint density at radius 3 is 2.58 bits per heavy atom. The van der Waals surface area contributed by atoms with Gasteiger partial charge in [-0.15, -0.1) is 0 Å². The minimum absolute atomic E-state index is 0.130. The van der Waals surface area contributed by atoms with Crippen LogP contribution in [0.5, 0.6) is 0 Å². The molecule has 2 bridgehead atoms. The van der Waals surface area contributed by atoms with Crippen LogP contribution in [0, 0.1) is 17.8 Å². The topological polar surface area (TPSA) is 69.2 Å². The van der Waals surface area contributed by atoms with Crippen LogP contribution >= 0.6 is 0 Å². The molecule has 5 atom stereocenters. The van der Waals surface area contributed by atoms with E-state index in [4.69, 9.17) is 15.6 Å². The zero-order valence-corrected chi connectivity index (χ0v) is 17.6. The second-order valence-electron chi connectivity index (χ2n) is 9.65. The fourth-order valence-corrected chi connectivity index (χ4v) is 6.57. The van der Waals surface area contributed by atoms with Crippen LogP contribution in [0.4, 0.5) is 19.0 Å². The Morgan fingerprint density at radius 2 is 1.94 bits per heavy atom. The first-order valence-electron chi connectivity index (χ1n) is 11.0. The Labute approximate surface area is 178 Å². The molecule has 0 spiro atoms. The maximum Gasteiger partial charge on any atom is 0.419 e. The molecule has 5 aliphatic rings. The van der Waals surface area contributed by atoms with Gasteiger partial charge in [0.1, 0.15) is 5.82 Å². The SMILES string of the molecule is CC(C)n1nc(-c2cnc(N)c(C(F)(F)F)c2)cc1[C@@]12C3C(N4CCOCC4)C[C@@H]1[C@H]32. The lowest BCUT2D eigenvalue weighted by molar-refractivity contribution is -0.137. The maximum absolute atomic E-state index is 13.3. The highest BCUT2D eigenvalue weighted by Crippen LogP contribution is 2.91. The molecular weight excluding hydrogens is 407 g/mol. The van der Waals surface area contributed by atoms with Gasteiger partial charge in [-0.2, -0.15) is 18.3 Å². The van der Waals surface area contributed by atoms with Gasteiger partial charge in [0.05, 0.1) is 24.5 Å².